The number of aromatic carboxylic acids is 1. The minimum Gasteiger partial charge on any atom is -0.478 e. The van der Waals surface area contributed by atoms with Gasteiger partial charge in [-0.05, 0) is 57.7 Å². The summed E-state index contributed by atoms with van der Waals surface area (Å²) in [5.74, 6) is -1.19. The molecule has 2 N–H and O–H groups in total. The molecule has 0 saturated heterocycles. The molecule has 1 aromatic carbocycles. The average molecular weight is 405 g/mol. The molecule has 1 aliphatic rings. The van der Waals surface area contributed by atoms with Crippen LogP contribution in [-0.2, 0) is 9.53 Å². The van der Waals surface area contributed by atoms with Crippen molar-refractivity contribution in [3.63, 3.8) is 0 Å². The molecule has 0 bridgehead atoms. The van der Waals surface area contributed by atoms with Crippen molar-refractivity contribution in [2.45, 2.75) is 70.9 Å². The third-order valence-electron chi connectivity index (χ3n) is 4.72. The van der Waals surface area contributed by atoms with E-state index in [0.29, 0.717) is 6.54 Å². The zero-order valence-corrected chi connectivity index (χ0v) is 17.7. The van der Waals surface area contributed by atoms with E-state index in [1.807, 2.05) is 13.0 Å². The van der Waals surface area contributed by atoms with E-state index in [4.69, 9.17) is 4.74 Å². The number of hydrogen-bond acceptors (Lipinski definition) is 4. The van der Waals surface area contributed by atoms with Gasteiger partial charge < -0.3 is 15.2 Å². The molecule has 160 valence electrons. The number of benzene rings is 1. The Morgan fingerprint density at radius 1 is 1.28 bits per heavy atom. The molecule has 1 fully saturated rings. The smallest absolute Gasteiger partial charge is 0.411 e. The van der Waals surface area contributed by atoms with Gasteiger partial charge in [0.2, 0.25) is 5.91 Å². The van der Waals surface area contributed by atoms with E-state index in [-0.39, 0.29) is 30.0 Å². The number of carboxylic acids is 1. The van der Waals surface area contributed by atoms with Crippen molar-refractivity contribution in [2.24, 2.45) is 0 Å². The number of carboxylic acid groups (broad SMARTS) is 1. The molecule has 0 heterocycles. The molecule has 1 atom stereocenters. The van der Waals surface area contributed by atoms with Crippen LogP contribution in [0.3, 0.4) is 0 Å². The Bertz CT molecular complexity index is 737. The summed E-state index contributed by atoms with van der Waals surface area (Å²) in [7, 11) is 0. The number of hydrogen-bond donors (Lipinski definition) is 2. The first-order valence-electron chi connectivity index (χ1n) is 10.2. The first-order valence-corrected chi connectivity index (χ1v) is 10.2. The van der Waals surface area contributed by atoms with Gasteiger partial charge >= 0.3 is 12.1 Å². The molecule has 29 heavy (non-hydrogen) atoms. The second kappa shape index (κ2) is 9.76. The van der Waals surface area contributed by atoms with Crippen molar-refractivity contribution in [1.82, 2.24) is 10.2 Å². The summed E-state index contributed by atoms with van der Waals surface area (Å²) in [6, 6.07) is 6.89. The van der Waals surface area contributed by atoms with E-state index >= 15 is 0 Å². The lowest BCUT2D eigenvalue weighted by atomic mass is 9.93. The van der Waals surface area contributed by atoms with Crippen LogP contribution in [0.5, 0.6) is 0 Å². The fourth-order valence-electron chi connectivity index (χ4n) is 3.16. The highest BCUT2D eigenvalue weighted by Gasteiger charge is 2.36. The van der Waals surface area contributed by atoms with Gasteiger partial charge in [0.25, 0.3) is 0 Å². The maximum atomic E-state index is 12.5. The Labute approximate surface area is 172 Å². The van der Waals surface area contributed by atoms with Gasteiger partial charge in [0, 0.05) is 18.5 Å². The molecule has 0 radical (unpaired) electrons. The van der Waals surface area contributed by atoms with Crippen molar-refractivity contribution in [1.29, 1.82) is 0 Å². The van der Waals surface area contributed by atoms with E-state index in [9.17, 15) is 19.5 Å². The molecule has 2 rings (SSSR count). The van der Waals surface area contributed by atoms with E-state index < -0.39 is 17.7 Å². The molecule has 2 amide bonds. The van der Waals surface area contributed by atoms with Gasteiger partial charge in [-0.25, -0.2) is 9.59 Å². The summed E-state index contributed by atoms with van der Waals surface area (Å²) >= 11 is 0. The standard InChI is InChI=1S/C22H32N2O5/c1-5-7-17(15-8-6-9-16(12-15)20(26)27)13-23-19(25)14-24(18-10-11-18)21(28)29-22(2,3)4/h6,8-9,12,17-18H,5,7,10-11,13-14H2,1-4H3,(H,23,25)(H,26,27). The summed E-state index contributed by atoms with van der Waals surface area (Å²) in [5, 5.41) is 12.1. The molecule has 7 nitrogen and oxygen atoms in total. The minimum atomic E-state index is -0.969. The lowest BCUT2D eigenvalue weighted by Crippen LogP contribution is -2.45. The van der Waals surface area contributed by atoms with E-state index in [1.165, 1.54) is 4.90 Å². The molecule has 1 aliphatic carbocycles. The molecular formula is C22H32N2O5. The Morgan fingerprint density at radius 3 is 2.52 bits per heavy atom. The topological polar surface area (TPSA) is 95.9 Å². The molecule has 1 aromatic rings. The number of ether oxygens (including phenoxy) is 1. The maximum absolute atomic E-state index is 12.5. The number of amides is 2. The van der Waals surface area contributed by atoms with Crippen LogP contribution in [0.15, 0.2) is 24.3 Å². The monoisotopic (exact) mass is 404 g/mol. The van der Waals surface area contributed by atoms with Crippen molar-refractivity contribution < 1.29 is 24.2 Å². The number of nitrogens with zero attached hydrogens (tertiary/aromatic N) is 1. The van der Waals surface area contributed by atoms with Gasteiger partial charge in [-0.1, -0.05) is 25.5 Å². The predicted molar refractivity (Wildman–Crippen MR) is 110 cm³/mol. The first kappa shape index (κ1) is 22.7. The highest BCUT2D eigenvalue weighted by Crippen LogP contribution is 2.28. The summed E-state index contributed by atoms with van der Waals surface area (Å²) in [6.07, 6.45) is 3.03. The zero-order valence-electron chi connectivity index (χ0n) is 17.7. The molecular weight excluding hydrogens is 372 g/mol. The Hall–Kier alpha value is -2.57. The summed E-state index contributed by atoms with van der Waals surface area (Å²) in [6.45, 7) is 7.81. The van der Waals surface area contributed by atoms with Crippen LogP contribution in [0.4, 0.5) is 4.79 Å². The van der Waals surface area contributed by atoms with Crippen molar-refractivity contribution >= 4 is 18.0 Å². The SMILES string of the molecule is CCCC(CNC(=O)CN(C(=O)OC(C)(C)C)C1CC1)c1cccc(C(=O)O)c1. The van der Waals surface area contributed by atoms with Gasteiger partial charge in [-0.2, -0.15) is 0 Å². The third-order valence-corrected chi connectivity index (χ3v) is 4.72. The molecule has 1 unspecified atom stereocenters. The number of carbonyl (C=O) groups excluding carboxylic acids is 2. The van der Waals surface area contributed by atoms with E-state index in [0.717, 1.165) is 31.2 Å². The fraction of sp³-hybridized carbons (Fsp3) is 0.591. The van der Waals surface area contributed by atoms with E-state index in [2.05, 4.69) is 5.32 Å². The van der Waals surface area contributed by atoms with Crippen LogP contribution in [0.1, 0.15) is 75.2 Å². The minimum absolute atomic E-state index is 0.0131. The van der Waals surface area contributed by atoms with Gasteiger partial charge in [0.05, 0.1) is 5.56 Å². The largest absolute Gasteiger partial charge is 0.478 e. The third kappa shape index (κ3) is 7.40. The lowest BCUT2D eigenvalue weighted by Gasteiger charge is -2.27. The van der Waals surface area contributed by atoms with Gasteiger partial charge in [-0.3, -0.25) is 9.69 Å². The summed E-state index contributed by atoms with van der Waals surface area (Å²) in [5.41, 5.74) is 0.514. The molecule has 1 saturated carbocycles. The Balaban J connectivity index is 1.98. The second-order valence-electron chi connectivity index (χ2n) is 8.56. The van der Waals surface area contributed by atoms with Gasteiger partial charge in [0.15, 0.2) is 0 Å². The normalized spacial score (nSPS) is 14.8. The molecule has 0 aliphatic heterocycles. The van der Waals surface area contributed by atoms with Crippen molar-refractivity contribution in [3.05, 3.63) is 35.4 Å². The second-order valence-corrected chi connectivity index (χ2v) is 8.56. The van der Waals surface area contributed by atoms with Crippen LogP contribution < -0.4 is 5.32 Å². The average Bonchev–Trinajstić information content (AvgIpc) is 3.46. The van der Waals surface area contributed by atoms with Crippen LogP contribution in [-0.4, -0.2) is 52.7 Å². The van der Waals surface area contributed by atoms with Crippen LogP contribution in [0, 0.1) is 0 Å². The zero-order chi connectivity index (χ0) is 21.6. The Kier molecular flexibility index (Phi) is 7.65. The number of nitrogens with one attached hydrogen (secondary N) is 1. The first-order chi connectivity index (χ1) is 13.6. The van der Waals surface area contributed by atoms with Crippen LogP contribution >= 0.6 is 0 Å². The molecule has 0 aromatic heterocycles. The number of carbonyl (C=O) groups is 3. The van der Waals surface area contributed by atoms with E-state index in [1.54, 1.807) is 39.0 Å². The predicted octanol–water partition coefficient (Wildman–Crippen LogP) is 3.78. The van der Waals surface area contributed by atoms with Crippen LogP contribution in [0.2, 0.25) is 0 Å². The lowest BCUT2D eigenvalue weighted by molar-refractivity contribution is -0.122. The van der Waals surface area contributed by atoms with Crippen molar-refractivity contribution in [2.75, 3.05) is 13.1 Å². The maximum Gasteiger partial charge on any atom is 0.411 e. The quantitative estimate of drug-likeness (QED) is 0.653. The van der Waals surface area contributed by atoms with Crippen LogP contribution in [0.25, 0.3) is 0 Å². The number of rotatable bonds is 9. The van der Waals surface area contributed by atoms with Gasteiger partial charge in [0.1, 0.15) is 12.1 Å². The summed E-state index contributed by atoms with van der Waals surface area (Å²) < 4.78 is 5.42. The fourth-order valence-corrected chi connectivity index (χ4v) is 3.16. The highest BCUT2D eigenvalue weighted by atomic mass is 16.6. The van der Waals surface area contributed by atoms with Crippen molar-refractivity contribution in [3.8, 4) is 0 Å². The highest BCUT2D eigenvalue weighted by molar-refractivity contribution is 5.87. The molecule has 7 heteroatoms. The van der Waals surface area contributed by atoms with Gasteiger partial charge in [-0.15, -0.1) is 0 Å². The summed E-state index contributed by atoms with van der Waals surface area (Å²) in [4.78, 5) is 37.7. The Morgan fingerprint density at radius 2 is 1.97 bits per heavy atom. The molecule has 0 spiro atoms.